The predicted octanol–water partition coefficient (Wildman–Crippen LogP) is 7.46. The van der Waals surface area contributed by atoms with Crippen LogP contribution in [0.2, 0.25) is 0 Å². The first kappa shape index (κ1) is 23.9. The van der Waals surface area contributed by atoms with E-state index in [4.69, 9.17) is 0 Å². The topological polar surface area (TPSA) is 0 Å². The summed E-state index contributed by atoms with van der Waals surface area (Å²) in [5.41, 5.74) is 5.73. The summed E-state index contributed by atoms with van der Waals surface area (Å²) in [5, 5.41) is 0. The van der Waals surface area contributed by atoms with Gasteiger partial charge in [-0.05, 0) is 0 Å². The van der Waals surface area contributed by atoms with E-state index in [0.29, 0.717) is 17.8 Å². The van der Waals surface area contributed by atoms with Gasteiger partial charge in [0.05, 0.1) is 0 Å². The second-order valence-corrected chi connectivity index (χ2v) is 9.37. The van der Waals surface area contributed by atoms with E-state index in [0.717, 1.165) is 6.42 Å². The Labute approximate surface area is 199 Å². The van der Waals surface area contributed by atoms with Crippen LogP contribution in [-0.4, -0.2) is 17.7 Å². The molecule has 0 spiro atoms. The van der Waals surface area contributed by atoms with Crippen LogP contribution in [-0.2, 0) is 0 Å². The van der Waals surface area contributed by atoms with E-state index in [-0.39, 0.29) is 0 Å². The van der Waals surface area contributed by atoms with Gasteiger partial charge in [-0.25, -0.2) is 0 Å². The van der Waals surface area contributed by atoms with Crippen molar-refractivity contribution in [2.45, 2.75) is 59.3 Å². The van der Waals surface area contributed by atoms with Crippen LogP contribution in [0.25, 0.3) is 0 Å². The molecule has 0 aromatic heterocycles. The average molecular weight is 404 g/mol. The normalized spacial score (nSPS) is 14.4. The number of hydrogen-bond donors (Lipinski definition) is 0. The quantitative estimate of drug-likeness (QED) is 0.308. The molecule has 0 saturated carbocycles. The van der Waals surface area contributed by atoms with Crippen molar-refractivity contribution in [1.29, 1.82) is 0 Å². The van der Waals surface area contributed by atoms with E-state index in [1.54, 1.807) is 0 Å². The van der Waals surface area contributed by atoms with Crippen LogP contribution in [0, 0.1) is 17.8 Å². The molecule has 0 fully saturated rings. The SMILES string of the molecule is [Li][c]1ccc(C(CC(C)CC)c2ccccc2)c([C](CC(C)CC)c2ccccc2)c1. The molecular formula is C30H36Li. The Balaban J connectivity index is 2.15. The molecule has 3 aromatic carbocycles. The van der Waals surface area contributed by atoms with Crippen LogP contribution in [0.1, 0.15) is 81.5 Å². The maximum absolute atomic E-state index is 2.44. The van der Waals surface area contributed by atoms with Crippen molar-refractivity contribution in [1.82, 2.24) is 0 Å². The zero-order chi connectivity index (χ0) is 22.2. The van der Waals surface area contributed by atoms with E-state index < -0.39 is 0 Å². The molecule has 0 aliphatic carbocycles. The van der Waals surface area contributed by atoms with E-state index in [2.05, 4.69) is 124 Å². The maximum atomic E-state index is 2.44. The summed E-state index contributed by atoms with van der Waals surface area (Å²) in [6.45, 7) is 9.39. The first-order valence-electron chi connectivity index (χ1n) is 12.1. The van der Waals surface area contributed by atoms with Gasteiger partial charge >= 0.3 is 200 Å². The Morgan fingerprint density at radius 3 is 2.00 bits per heavy atom. The first-order chi connectivity index (χ1) is 15.0. The van der Waals surface area contributed by atoms with Crippen LogP contribution < -0.4 is 4.24 Å². The Kier molecular flexibility index (Phi) is 9.07. The van der Waals surface area contributed by atoms with Crippen molar-refractivity contribution >= 4 is 22.0 Å². The van der Waals surface area contributed by atoms with Crippen LogP contribution in [0.5, 0.6) is 0 Å². The van der Waals surface area contributed by atoms with Crippen LogP contribution in [0.4, 0.5) is 0 Å². The van der Waals surface area contributed by atoms with E-state index >= 15 is 0 Å². The molecule has 1 heteroatoms. The third-order valence-corrected chi connectivity index (χ3v) is 6.82. The van der Waals surface area contributed by atoms with Crippen molar-refractivity contribution < 1.29 is 0 Å². The van der Waals surface area contributed by atoms with Crippen LogP contribution in [0.3, 0.4) is 0 Å². The molecule has 1 radical (unpaired) electrons. The molecule has 3 aromatic rings. The van der Waals surface area contributed by atoms with Gasteiger partial charge in [0.1, 0.15) is 0 Å². The standard InChI is InChI=1S/C30H36.Li/c1-5-23(3)21-29(25-15-9-7-10-16-25)27-19-13-14-20-28(27)30(22-24(4)6-2)26-17-11-8-12-18-26;/h7-13,15-20,23-24,29H,5-6,21-22H2,1-4H3;. The molecule has 0 N–H and O–H groups in total. The third kappa shape index (κ3) is 6.38. The summed E-state index contributed by atoms with van der Waals surface area (Å²) in [6, 6.07) is 29.3. The van der Waals surface area contributed by atoms with E-state index in [1.165, 1.54) is 51.7 Å². The second-order valence-electron chi connectivity index (χ2n) is 9.37. The molecule has 0 bridgehead atoms. The number of hydrogen-bond acceptors (Lipinski definition) is 0. The Hall–Kier alpha value is -1.74. The molecule has 0 amide bonds. The molecule has 3 unspecified atom stereocenters. The minimum atomic E-state index is 0.419. The molecule has 157 valence electrons. The minimum absolute atomic E-state index is 0.419. The Morgan fingerprint density at radius 1 is 0.774 bits per heavy atom. The monoisotopic (exact) mass is 403 g/mol. The summed E-state index contributed by atoms with van der Waals surface area (Å²) < 4.78 is 1.34. The molecule has 3 rings (SSSR count). The van der Waals surface area contributed by atoms with Gasteiger partial charge < -0.3 is 0 Å². The van der Waals surface area contributed by atoms with E-state index in [9.17, 15) is 0 Å². The summed E-state index contributed by atoms with van der Waals surface area (Å²) >= 11 is 2.23. The fourth-order valence-corrected chi connectivity index (χ4v) is 4.45. The fraction of sp³-hybridized carbons (Fsp3) is 0.367. The van der Waals surface area contributed by atoms with Gasteiger partial charge in [-0.2, -0.15) is 0 Å². The molecular weight excluding hydrogens is 367 g/mol. The van der Waals surface area contributed by atoms with Crippen LogP contribution >= 0.6 is 0 Å². The van der Waals surface area contributed by atoms with Crippen molar-refractivity contribution in [3.63, 3.8) is 0 Å². The van der Waals surface area contributed by atoms with Gasteiger partial charge in [0, 0.05) is 0 Å². The molecule has 0 heterocycles. The zero-order valence-electron chi connectivity index (χ0n) is 20.1. The van der Waals surface area contributed by atoms with Gasteiger partial charge in [-0.1, -0.05) is 0 Å². The zero-order valence-corrected chi connectivity index (χ0v) is 20.1. The van der Waals surface area contributed by atoms with Crippen molar-refractivity contribution in [3.05, 3.63) is 107 Å². The fourth-order valence-electron chi connectivity index (χ4n) is 4.45. The number of benzene rings is 3. The van der Waals surface area contributed by atoms with Gasteiger partial charge in [0.25, 0.3) is 0 Å². The summed E-state index contributed by atoms with van der Waals surface area (Å²) in [4.78, 5) is 0. The third-order valence-electron chi connectivity index (χ3n) is 6.82. The molecule has 0 aliphatic heterocycles. The van der Waals surface area contributed by atoms with Gasteiger partial charge in [0.2, 0.25) is 0 Å². The van der Waals surface area contributed by atoms with Crippen molar-refractivity contribution in [2.75, 3.05) is 0 Å². The molecule has 0 nitrogen and oxygen atoms in total. The van der Waals surface area contributed by atoms with Gasteiger partial charge in [-0.15, -0.1) is 0 Å². The summed E-state index contributed by atoms with van der Waals surface area (Å²) in [5.74, 6) is 3.27. The molecule has 0 saturated heterocycles. The molecule has 3 atom stereocenters. The molecule has 0 aliphatic rings. The summed E-state index contributed by atoms with van der Waals surface area (Å²) in [6.07, 6.45) is 4.71. The van der Waals surface area contributed by atoms with E-state index in [1.807, 2.05) is 0 Å². The Bertz CT molecular complexity index is 916. The Morgan fingerprint density at radius 2 is 1.39 bits per heavy atom. The first-order valence-corrected chi connectivity index (χ1v) is 12.1. The molecule has 31 heavy (non-hydrogen) atoms. The van der Waals surface area contributed by atoms with Crippen molar-refractivity contribution in [3.8, 4) is 0 Å². The van der Waals surface area contributed by atoms with Gasteiger partial charge in [0.15, 0.2) is 0 Å². The predicted molar refractivity (Wildman–Crippen MR) is 136 cm³/mol. The average Bonchev–Trinajstić information content (AvgIpc) is 2.82. The van der Waals surface area contributed by atoms with Crippen LogP contribution in [0.15, 0.2) is 78.9 Å². The summed E-state index contributed by atoms with van der Waals surface area (Å²) in [7, 11) is 0. The number of rotatable bonds is 10. The van der Waals surface area contributed by atoms with Crippen molar-refractivity contribution in [2.24, 2.45) is 11.8 Å². The second kappa shape index (κ2) is 11.8. The van der Waals surface area contributed by atoms with Gasteiger partial charge in [-0.3, -0.25) is 0 Å².